The lowest BCUT2D eigenvalue weighted by atomic mass is 10.2. The maximum Gasteiger partial charge on any atom is 0.279 e. The van der Waals surface area contributed by atoms with Gasteiger partial charge in [-0.15, -0.1) is 0 Å². The number of quaternary nitrogens is 1. The van der Waals surface area contributed by atoms with Crippen molar-refractivity contribution in [2.75, 3.05) is 50.1 Å². The molecular formula is C19H22F2N3O2+. The van der Waals surface area contributed by atoms with E-state index in [1.807, 2.05) is 24.3 Å². The molecule has 0 saturated carbocycles. The fourth-order valence-electron chi connectivity index (χ4n) is 3.14. The molecule has 0 aromatic heterocycles. The van der Waals surface area contributed by atoms with E-state index in [-0.39, 0.29) is 18.1 Å². The molecule has 5 nitrogen and oxygen atoms in total. The first-order chi connectivity index (χ1) is 12.6. The predicted octanol–water partition coefficient (Wildman–Crippen LogP) is 1.32. The van der Waals surface area contributed by atoms with Crippen molar-refractivity contribution in [3.63, 3.8) is 0 Å². The minimum atomic E-state index is -0.769. The first kappa shape index (κ1) is 18.1. The van der Waals surface area contributed by atoms with Gasteiger partial charge in [-0.25, -0.2) is 8.78 Å². The van der Waals surface area contributed by atoms with Gasteiger partial charge in [-0.05, 0) is 24.3 Å². The molecule has 2 aromatic rings. The molecule has 2 N–H and O–H groups in total. The Bertz CT molecular complexity index is 777. The van der Waals surface area contributed by atoms with Gasteiger partial charge >= 0.3 is 0 Å². The van der Waals surface area contributed by atoms with Gasteiger partial charge in [-0.2, -0.15) is 0 Å². The van der Waals surface area contributed by atoms with Crippen molar-refractivity contribution < 1.29 is 23.2 Å². The molecule has 0 atom stereocenters. The van der Waals surface area contributed by atoms with Crippen molar-refractivity contribution >= 4 is 17.3 Å². The minimum absolute atomic E-state index is 0.00320. The molecule has 1 amide bonds. The van der Waals surface area contributed by atoms with Gasteiger partial charge in [0.05, 0.1) is 44.7 Å². The zero-order valence-electron chi connectivity index (χ0n) is 14.6. The van der Waals surface area contributed by atoms with E-state index in [1.165, 1.54) is 6.07 Å². The van der Waals surface area contributed by atoms with E-state index in [4.69, 9.17) is 4.74 Å². The number of methoxy groups -OCH3 is 1. The Balaban J connectivity index is 1.53. The second-order valence-electron chi connectivity index (χ2n) is 6.26. The molecule has 1 heterocycles. The number of nitrogens with zero attached hydrogens (tertiary/aromatic N) is 1. The number of ether oxygens (including phenoxy) is 1. The molecule has 0 spiro atoms. The van der Waals surface area contributed by atoms with Crippen molar-refractivity contribution in [1.29, 1.82) is 0 Å². The summed E-state index contributed by atoms with van der Waals surface area (Å²) < 4.78 is 31.9. The van der Waals surface area contributed by atoms with Crippen LogP contribution in [0.1, 0.15) is 0 Å². The summed E-state index contributed by atoms with van der Waals surface area (Å²) in [5.74, 6) is -0.885. The second-order valence-corrected chi connectivity index (χ2v) is 6.26. The number of halogens is 2. The number of anilines is 2. The SMILES string of the molecule is COc1ccccc1N1CC[NH+](CC(=O)Nc2ccc(F)cc2F)CC1. The number of nitrogens with one attached hydrogen (secondary N) is 2. The zero-order chi connectivity index (χ0) is 18.5. The van der Waals surface area contributed by atoms with Crippen molar-refractivity contribution in [2.24, 2.45) is 0 Å². The van der Waals surface area contributed by atoms with Crippen LogP contribution in [0.2, 0.25) is 0 Å². The van der Waals surface area contributed by atoms with Crippen LogP contribution in [0.4, 0.5) is 20.2 Å². The van der Waals surface area contributed by atoms with E-state index in [2.05, 4.69) is 10.2 Å². The minimum Gasteiger partial charge on any atom is -0.495 e. The number of piperazine rings is 1. The molecular weight excluding hydrogens is 340 g/mol. The number of hydrogen-bond acceptors (Lipinski definition) is 3. The summed E-state index contributed by atoms with van der Waals surface area (Å²) in [4.78, 5) is 15.5. The van der Waals surface area contributed by atoms with Crippen LogP contribution < -0.4 is 19.9 Å². The highest BCUT2D eigenvalue weighted by molar-refractivity contribution is 5.91. The normalized spacial score (nSPS) is 15.0. The van der Waals surface area contributed by atoms with Crippen LogP contribution in [0.5, 0.6) is 5.75 Å². The Labute approximate surface area is 151 Å². The van der Waals surface area contributed by atoms with Crippen molar-refractivity contribution in [3.05, 3.63) is 54.1 Å². The van der Waals surface area contributed by atoms with Crippen LogP contribution in [0, 0.1) is 11.6 Å². The number of rotatable bonds is 5. The van der Waals surface area contributed by atoms with E-state index in [9.17, 15) is 13.6 Å². The van der Waals surface area contributed by atoms with Gasteiger partial charge in [0.25, 0.3) is 5.91 Å². The third kappa shape index (κ3) is 4.29. The number of para-hydroxylation sites is 2. The molecule has 26 heavy (non-hydrogen) atoms. The summed E-state index contributed by atoms with van der Waals surface area (Å²) in [7, 11) is 1.65. The molecule has 1 aliphatic rings. The van der Waals surface area contributed by atoms with Crippen LogP contribution in [-0.2, 0) is 4.79 Å². The number of carbonyl (C=O) groups excluding carboxylic acids is 1. The smallest absolute Gasteiger partial charge is 0.279 e. The molecule has 0 aliphatic carbocycles. The first-order valence-electron chi connectivity index (χ1n) is 8.53. The number of carbonyl (C=O) groups is 1. The van der Waals surface area contributed by atoms with E-state index in [1.54, 1.807) is 7.11 Å². The fraction of sp³-hybridized carbons (Fsp3) is 0.316. The van der Waals surface area contributed by atoms with Gasteiger partial charge in [-0.1, -0.05) is 12.1 Å². The molecule has 1 saturated heterocycles. The molecule has 0 unspecified atom stereocenters. The van der Waals surface area contributed by atoms with Crippen LogP contribution in [0.15, 0.2) is 42.5 Å². The predicted molar refractivity (Wildman–Crippen MR) is 95.8 cm³/mol. The van der Waals surface area contributed by atoms with Gasteiger partial charge in [0.1, 0.15) is 17.4 Å². The van der Waals surface area contributed by atoms with E-state index in [0.29, 0.717) is 0 Å². The van der Waals surface area contributed by atoms with Gasteiger partial charge in [0.15, 0.2) is 6.54 Å². The van der Waals surface area contributed by atoms with Crippen molar-refractivity contribution in [1.82, 2.24) is 0 Å². The Hall–Kier alpha value is -2.67. The second kappa shape index (κ2) is 8.14. The van der Waals surface area contributed by atoms with Crippen LogP contribution in [-0.4, -0.2) is 45.7 Å². The number of benzene rings is 2. The van der Waals surface area contributed by atoms with Gasteiger partial charge < -0.3 is 19.9 Å². The third-order valence-corrected chi connectivity index (χ3v) is 4.51. The summed E-state index contributed by atoms with van der Waals surface area (Å²) in [6.07, 6.45) is 0. The summed E-state index contributed by atoms with van der Waals surface area (Å²) in [6, 6.07) is 11.0. The Morgan fingerprint density at radius 2 is 1.92 bits per heavy atom. The van der Waals surface area contributed by atoms with Crippen molar-refractivity contribution in [2.45, 2.75) is 0 Å². The summed E-state index contributed by atoms with van der Waals surface area (Å²) in [5, 5.41) is 2.51. The Morgan fingerprint density at radius 1 is 1.19 bits per heavy atom. The standard InChI is InChI=1S/C19H21F2N3O2/c1-26-18-5-3-2-4-17(18)24-10-8-23(9-11-24)13-19(25)22-16-7-6-14(20)12-15(16)21/h2-7,12H,8-11,13H2,1H3,(H,22,25)/p+1. The summed E-state index contributed by atoms with van der Waals surface area (Å²) in [6.45, 7) is 3.42. The molecule has 138 valence electrons. The highest BCUT2D eigenvalue weighted by Crippen LogP contribution is 2.27. The van der Waals surface area contributed by atoms with E-state index in [0.717, 1.165) is 54.6 Å². The fourth-order valence-corrected chi connectivity index (χ4v) is 3.14. The molecule has 0 radical (unpaired) electrons. The van der Waals surface area contributed by atoms with E-state index >= 15 is 0 Å². The lowest BCUT2D eigenvalue weighted by Crippen LogP contribution is -3.15. The number of hydrogen-bond donors (Lipinski definition) is 2. The highest BCUT2D eigenvalue weighted by atomic mass is 19.1. The van der Waals surface area contributed by atoms with Gasteiger partial charge in [-0.3, -0.25) is 4.79 Å². The monoisotopic (exact) mass is 362 g/mol. The van der Waals surface area contributed by atoms with E-state index < -0.39 is 11.6 Å². The molecule has 1 aliphatic heterocycles. The largest absolute Gasteiger partial charge is 0.495 e. The van der Waals surface area contributed by atoms with Crippen LogP contribution >= 0.6 is 0 Å². The Morgan fingerprint density at radius 3 is 2.62 bits per heavy atom. The quantitative estimate of drug-likeness (QED) is 0.843. The van der Waals surface area contributed by atoms with Gasteiger partial charge in [0.2, 0.25) is 0 Å². The zero-order valence-corrected chi connectivity index (χ0v) is 14.6. The molecule has 2 aromatic carbocycles. The lowest BCUT2D eigenvalue weighted by Gasteiger charge is -2.34. The maximum absolute atomic E-state index is 13.6. The molecule has 1 fully saturated rings. The maximum atomic E-state index is 13.6. The molecule has 7 heteroatoms. The molecule has 3 rings (SSSR count). The summed E-state index contributed by atoms with van der Waals surface area (Å²) >= 11 is 0. The summed E-state index contributed by atoms with van der Waals surface area (Å²) in [5.41, 5.74) is 1.05. The molecule has 0 bridgehead atoms. The van der Waals surface area contributed by atoms with Crippen molar-refractivity contribution in [3.8, 4) is 5.75 Å². The van der Waals surface area contributed by atoms with Crippen LogP contribution in [0.25, 0.3) is 0 Å². The number of amides is 1. The average Bonchev–Trinajstić information content (AvgIpc) is 2.64. The average molecular weight is 362 g/mol. The Kier molecular flexibility index (Phi) is 5.68. The third-order valence-electron chi connectivity index (χ3n) is 4.51. The topological polar surface area (TPSA) is 46.0 Å². The first-order valence-corrected chi connectivity index (χ1v) is 8.53. The van der Waals surface area contributed by atoms with Crippen LogP contribution in [0.3, 0.4) is 0 Å². The lowest BCUT2D eigenvalue weighted by molar-refractivity contribution is -0.892. The van der Waals surface area contributed by atoms with Gasteiger partial charge in [0, 0.05) is 6.07 Å². The highest BCUT2D eigenvalue weighted by Gasteiger charge is 2.24.